The van der Waals surface area contributed by atoms with Crippen LogP contribution in [-0.4, -0.2) is 30.5 Å². The van der Waals surface area contributed by atoms with Crippen LogP contribution in [0.4, 0.5) is 0 Å². The Bertz CT molecular complexity index is 378. The van der Waals surface area contributed by atoms with Crippen LogP contribution in [0, 0.1) is 5.92 Å². The predicted molar refractivity (Wildman–Crippen MR) is 59.1 cm³/mol. The minimum Gasteiger partial charge on any atom is -0.480 e. The zero-order valence-electron chi connectivity index (χ0n) is 9.98. The van der Waals surface area contributed by atoms with Gasteiger partial charge < -0.3 is 9.47 Å². The number of rotatable bonds is 5. The van der Waals surface area contributed by atoms with Gasteiger partial charge in [-0.15, -0.1) is 0 Å². The zero-order chi connectivity index (χ0) is 12.1. The Balaban J connectivity index is 3.25. The van der Waals surface area contributed by atoms with E-state index in [1.807, 2.05) is 0 Å². The SMILES string of the molecule is COc1nc(CC(C)C)c(C=O)c(OC)n1. The van der Waals surface area contributed by atoms with Crippen molar-refractivity contribution < 1.29 is 14.3 Å². The first kappa shape index (κ1) is 12.4. The summed E-state index contributed by atoms with van der Waals surface area (Å²) < 4.78 is 10.00. The monoisotopic (exact) mass is 224 g/mol. The van der Waals surface area contributed by atoms with E-state index >= 15 is 0 Å². The lowest BCUT2D eigenvalue weighted by Crippen LogP contribution is -2.08. The molecule has 5 heteroatoms. The van der Waals surface area contributed by atoms with E-state index in [1.54, 1.807) is 0 Å². The largest absolute Gasteiger partial charge is 0.480 e. The van der Waals surface area contributed by atoms with Gasteiger partial charge in [-0.05, 0) is 12.3 Å². The summed E-state index contributed by atoms with van der Waals surface area (Å²) in [6, 6.07) is 0.220. The molecule has 0 fully saturated rings. The third-order valence-electron chi connectivity index (χ3n) is 2.06. The summed E-state index contributed by atoms with van der Waals surface area (Å²) >= 11 is 0. The standard InChI is InChI=1S/C11H16N2O3/c1-7(2)5-9-8(6-14)10(15-3)13-11(12-9)16-4/h6-7H,5H2,1-4H3. The van der Waals surface area contributed by atoms with E-state index in [9.17, 15) is 4.79 Å². The molecule has 88 valence electrons. The van der Waals surface area contributed by atoms with Gasteiger partial charge in [-0.1, -0.05) is 13.8 Å². The molecular formula is C11H16N2O3. The highest BCUT2D eigenvalue weighted by molar-refractivity contribution is 5.80. The first-order valence-electron chi connectivity index (χ1n) is 5.06. The summed E-state index contributed by atoms with van der Waals surface area (Å²) in [4.78, 5) is 19.1. The third kappa shape index (κ3) is 2.68. The molecule has 5 nitrogen and oxygen atoms in total. The second-order valence-electron chi connectivity index (χ2n) is 3.80. The molecule has 0 radical (unpaired) electrons. The summed E-state index contributed by atoms with van der Waals surface area (Å²) in [6.45, 7) is 4.10. The van der Waals surface area contributed by atoms with Crippen molar-refractivity contribution in [2.75, 3.05) is 14.2 Å². The molecule has 16 heavy (non-hydrogen) atoms. The van der Waals surface area contributed by atoms with Crippen molar-refractivity contribution in [2.24, 2.45) is 5.92 Å². The summed E-state index contributed by atoms with van der Waals surface area (Å²) in [5.74, 6) is 0.653. The van der Waals surface area contributed by atoms with Gasteiger partial charge in [0.05, 0.1) is 25.5 Å². The topological polar surface area (TPSA) is 61.3 Å². The Morgan fingerprint density at radius 3 is 2.38 bits per heavy atom. The van der Waals surface area contributed by atoms with Crippen LogP contribution in [-0.2, 0) is 6.42 Å². The molecule has 1 aromatic heterocycles. The van der Waals surface area contributed by atoms with Crippen LogP contribution in [0.5, 0.6) is 11.9 Å². The maximum atomic E-state index is 11.0. The minimum absolute atomic E-state index is 0.220. The first-order chi connectivity index (χ1) is 7.62. The number of methoxy groups -OCH3 is 2. The summed E-state index contributed by atoms with van der Waals surface area (Å²) in [5, 5.41) is 0. The molecule has 0 saturated carbocycles. The van der Waals surface area contributed by atoms with Gasteiger partial charge in [0.25, 0.3) is 0 Å². The summed E-state index contributed by atoms with van der Waals surface area (Å²) in [5.41, 5.74) is 1.06. The Hall–Kier alpha value is -1.65. The molecule has 0 amide bonds. The number of nitrogens with zero attached hydrogens (tertiary/aromatic N) is 2. The molecule has 0 N–H and O–H groups in total. The van der Waals surface area contributed by atoms with Crippen LogP contribution >= 0.6 is 0 Å². The van der Waals surface area contributed by atoms with Crippen molar-refractivity contribution in [3.63, 3.8) is 0 Å². The fraction of sp³-hybridized carbons (Fsp3) is 0.545. The zero-order valence-corrected chi connectivity index (χ0v) is 9.98. The van der Waals surface area contributed by atoms with Crippen molar-refractivity contribution in [2.45, 2.75) is 20.3 Å². The van der Waals surface area contributed by atoms with Crippen molar-refractivity contribution >= 4 is 6.29 Å². The molecule has 1 rings (SSSR count). The molecule has 0 unspecified atom stereocenters. The van der Waals surface area contributed by atoms with E-state index in [0.29, 0.717) is 23.6 Å². The number of carbonyl (C=O) groups excluding carboxylic acids is 1. The minimum atomic E-state index is 0.220. The molecule has 0 saturated heterocycles. The van der Waals surface area contributed by atoms with Crippen molar-refractivity contribution in [3.8, 4) is 11.9 Å². The molecular weight excluding hydrogens is 208 g/mol. The second-order valence-corrected chi connectivity index (χ2v) is 3.80. The number of hydrogen-bond donors (Lipinski definition) is 0. The van der Waals surface area contributed by atoms with E-state index in [0.717, 1.165) is 6.29 Å². The number of carbonyl (C=O) groups is 1. The highest BCUT2D eigenvalue weighted by atomic mass is 16.5. The van der Waals surface area contributed by atoms with Crippen LogP contribution < -0.4 is 9.47 Å². The maximum Gasteiger partial charge on any atom is 0.319 e. The molecule has 0 aliphatic carbocycles. The molecule has 1 heterocycles. The Kier molecular flexibility index (Phi) is 4.22. The Morgan fingerprint density at radius 2 is 1.94 bits per heavy atom. The van der Waals surface area contributed by atoms with Crippen LogP contribution in [0.1, 0.15) is 29.9 Å². The van der Waals surface area contributed by atoms with Crippen molar-refractivity contribution in [1.29, 1.82) is 0 Å². The average molecular weight is 224 g/mol. The van der Waals surface area contributed by atoms with Gasteiger partial charge in [0.15, 0.2) is 6.29 Å². The quantitative estimate of drug-likeness (QED) is 0.709. The average Bonchev–Trinajstić information content (AvgIpc) is 2.27. The number of aromatic nitrogens is 2. The number of aldehydes is 1. The number of hydrogen-bond acceptors (Lipinski definition) is 5. The van der Waals surface area contributed by atoms with Gasteiger partial charge in [0.2, 0.25) is 5.88 Å². The lowest BCUT2D eigenvalue weighted by Gasteiger charge is -2.11. The lowest BCUT2D eigenvalue weighted by molar-refractivity contribution is 0.111. The summed E-state index contributed by atoms with van der Waals surface area (Å²) in [6.07, 6.45) is 1.40. The Labute approximate surface area is 94.8 Å². The normalized spacial score (nSPS) is 10.3. The fourth-order valence-electron chi connectivity index (χ4n) is 1.38. The Morgan fingerprint density at radius 1 is 1.25 bits per heavy atom. The van der Waals surface area contributed by atoms with Crippen LogP contribution in [0.2, 0.25) is 0 Å². The molecule has 1 aromatic rings. The molecule has 0 atom stereocenters. The van der Waals surface area contributed by atoms with Crippen molar-refractivity contribution in [1.82, 2.24) is 9.97 Å². The number of ether oxygens (including phenoxy) is 2. The van der Waals surface area contributed by atoms with Gasteiger partial charge in [-0.3, -0.25) is 4.79 Å². The van der Waals surface area contributed by atoms with E-state index < -0.39 is 0 Å². The van der Waals surface area contributed by atoms with Gasteiger partial charge in [0.1, 0.15) is 0 Å². The highest BCUT2D eigenvalue weighted by Gasteiger charge is 2.15. The predicted octanol–water partition coefficient (Wildman–Crippen LogP) is 1.50. The van der Waals surface area contributed by atoms with Crippen LogP contribution in [0.15, 0.2) is 0 Å². The van der Waals surface area contributed by atoms with Gasteiger partial charge >= 0.3 is 6.01 Å². The highest BCUT2D eigenvalue weighted by Crippen LogP contribution is 2.21. The second kappa shape index (κ2) is 5.44. The van der Waals surface area contributed by atoms with Gasteiger partial charge in [-0.2, -0.15) is 9.97 Å². The summed E-state index contributed by atoms with van der Waals surface area (Å²) in [7, 11) is 2.95. The molecule has 0 aliphatic heterocycles. The van der Waals surface area contributed by atoms with E-state index in [-0.39, 0.29) is 11.9 Å². The van der Waals surface area contributed by atoms with Gasteiger partial charge in [-0.25, -0.2) is 0 Å². The van der Waals surface area contributed by atoms with E-state index in [4.69, 9.17) is 9.47 Å². The van der Waals surface area contributed by atoms with Crippen molar-refractivity contribution in [3.05, 3.63) is 11.3 Å². The fourth-order valence-corrected chi connectivity index (χ4v) is 1.38. The third-order valence-corrected chi connectivity index (χ3v) is 2.06. The first-order valence-corrected chi connectivity index (χ1v) is 5.06. The van der Waals surface area contributed by atoms with E-state index in [1.165, 1.54) is 14.2 Å². The van der Waals surface area contributed by atoms with E-state index in [2.05, 4.69) is 23.8 Å². The smallest absolute Gasteiger partial charge is 0.319 e. The molecule has 0 bridgehead atoms. The molecule has 0 spiro atoms. The molecule has 0 aliphatic rings. The van der Waals surface area contributed by atoms with Gasteiger partial charge in [0, 0.05) is 0 Å². The molecule has 0 aromatic carbocycles. The van der Waals surface area contributed by atoms with Crippen LogP contribution in [0.25, 0.3) is 0 Å². The van der Waals surface area contributed by atoms with Crippen LogP contribution in [0.3, 0.4) is 0 Å². The lowest BCUT2D eigenvalue weighted by atomic mass is 10.0. The maximum absolute atomic E-state index is 11.0.